The fourth-order valence-corrected chi connectivity index (χ4v) is 5.10. The van der Waals surface area contributed by atoms with E-state index in [0.717, 1.165) is 28.2 Å². The summed E-state index contributed by atoms with van der Waals surface area (Å²) in [4.78, 5) is 24.5. The molecule has 2 atom stereocenters. The Morgan fingerprint density at radius 3 is 2.11 bits per heavy atom. The van der Waals surface area contributed by atoms with Gasteiger partial charge in [0.15, 0.2) is 17.3 Å². The molecule has 0 saturated heterocycles. The van der Waals surface area contributed by atoms with Crippen LogP contribution in [0.15, 0.2) is 71.9 Å². The second kappa shape index (κ2) is 9.85. The number of hydrogen-bond donors (Lipinski definition) is 2. The Bertz CT molecular complexity index is 1370. The third-order valence-corrected chi connectivity index (χ3v) is 6.90. The molecule has 190 valence electrons. The van der Waals surface area contributed by atoms with Crippen molar-refractivity contribution in [3.8, 4) is 17.2 Å². The van der Waals surface area contributed by atoms with Crippen LogP contribution in [0, 0.1) is 10.1 Å². The molecule has 0 saturated carbocycles. The van der Waals surface area contributed by atoms with E-state index in [1.54, 1.807) is 33.5 Å². The van der Waals surface area contributed by atoms with Crippen LogP contribution < -0.4 is 24.8 Å². The molecule has 3 aromatic rings. The Morgan fingerprint density at radius 2 is 1.51 bits per heavy atom. The standard InChI is InChI=1S/C28H27N3O6/c1-35-24-14-18(15-25(36-2)28(24)37-3)17-12-22-26(23(32)13-17)27(16-8-10-19(11-9-16)31(33)34)30-21-7-5-4-6-20(21)29-22/h4-11,14-15,17,27,29-30H,12-13H2,1-3H3/t17-,27-/m1/s1. The second-order valence-electron chi connectivity index (χ2n) is 8.98. The molecule has 0 fully saturated rings. The number of fused-ring (bicyclic) bond motifs is 1. The van der Waals surface area contributed by atoms with Crippen LogP contribution in [0.1, 0.15) is 35.9 Å². The lowest BCUT2D eigenvalue weighted by atomic mass is 9.78. The van der Waals surface area contributed by atoms with Gasteiger partial charge in [-0.3, -0.25) is 14.9 Å². The fraction of sp³-hybridized carbons (Fsp3) is 0.250. The Kier molecular flexibility index (Phi) is 6.43. The van der Waals surface area contributed by atoms with Crippen molar-refractivity contribution in [3.05, 3.63) is 93.2 Å². The number of methoxy groups -OCH3 is 3. The number of anilines is 2. The van der Waals surface area contributed by atoms with Crippen molar-refractivity contribution in [2.75, 3.05) is 32.0 Å². The largest absolute Gasteiger partial charge is 0.493 e. The zero-order valence-corrected chi connectivity index (χ0v) is 20.7. The van der Waals surface area contributed by atoms with E-state index < -0.39 is 11.0 Å². The number of carbonyl (C=O) groups is 1. The first-order valence-electron chi connectivity index (χ1n) is 11.9. The molecule has 1 heterocycles. The molecule has 1 aliphatic carbocycles. The normalized spacial score (nSPS) is 18.5. The van der Waals surface area contributed by atoms with Crippen LogP contribution in [-0.2, 0) is 4.79 Å². The lowest BCUT2D eigenvalue weighted by Gasteiger charge is -2.30. The third-order valence-electron chi connectivity index (χ3n) is 6.90. The summed E-state index contributed by atoms with van der Waals surface area (Å²) in [5, 5.41) is 18.2. The second-order valence-corrected chi connectivity index (χ2v) is 8.98. The van der Waals surface area contributed by atoms with E-state index in [0.29, 0.717) is 35.7 Å². The van der Waals surface area contributed by atoms with Crippen molar-refractivity contribution >= 4 is 22.8 Å². The van der Waals surface area contributed by atoms with E-state index in [1.807, 2.05) is 36.4 Å². The van der Waals surface area contributed by atoms with Gasteiger partial charge in [-0.15, -0.1) is 0 Å². The molecular formula is C28H27N3O6. The fourth-order valence-electron chi connectivity index (χ4n) is 5.10. The number of para-hydroxylation sites is 2. The summed E-state index contributed by atoms with van der Waals surface area (Å²) >= 11 is 0. The van der Waals surface area contributed by atoms with Gasteiger partial charge < -0.3 is 24.8 Å². The third kappa shape index (κ3) is 4.44. The van der Waals surface area contributed by atoms with Crippen molar-refractivity contribution in [2.45, 2.75) is 24.8 Å². The number of nitrogens with one attached hydrogen (secondary N) is 2. The van der Waals surface area contributed by atoms with E-state index in [4.69, 9.17) is 14.2 Å². The van der Waals surface area contributed by atoms with Crippen molar-refractivity contribution in [1.82, 2.24) is 0 Å². The Labute approximate surface area is 214 Å². The van der Waals surface area contributed by atoms with Gasteiger partial charge in [-0.1, -0.05) is 12.1 Å². The number of carbonyl (C=O) groups excluding carboxylic acids is 1. The molecule has 0 unspecified atom stereocenters. The molecule has 9 heteroatoms. The lowest BCUT2D eigenvalue weighted by molar-refractivity contribution is -0.384. The van der Waals surface area contributed by atoms with Gasteiger partial charge in [0.2, 0.25) is 5.75 Å². The summed E-state index contributed by atoms with van der Waals surface area (Å²) in [7, 11) is 4.69. The minimum absolute atomic E-state index is 0.00235. The van der Waals surface area contributed by atoms with Gasteiger partial charge in [0.05, 0.1) is 43.7 Å². The molecule has 0 bridgehead atoms. The maximum Gasteiger partial charge on any atom is 0.269 e. The van der Waals surface area contributed by atoms with Gasteiger partial charge in [-0.05, 0) is 59.9 Å². The number of nitro benzene ring substituents is 1. The molecule has 9 nitrogen and oxygen atoms in total. The minimum atomic E-state index is -0.458. The van der Waals surface area contributed by atoms with E-state index >= 15 is 0 Å². The number of hydrogen-bond acceptors (Lipinski definition) is 8. The van der Waals surface area contributed by atoms with Crippen molar-refractivity contribution in [2.24, 2.45) is 0 Å². The molecule has 2 N–H and O–H groups in total. The van der Waals surface area contributed by atoms with Gasteiger partial charge in [-0.2, -0.15) is 0 Å². The SMILES string of the molecule is COc1cc([C@H]2CC(=O)C3=C(C2)Nc2ccccc2N[C@@H]3c2ccc([N+](=O)[O-])cc2)cc(OC)c1OC. The molecule has 1 aliphatic heterocycles. The highest BCUT2D eigenvalue weighted by molar-refractivity contribution is 6.01. The van der Waals surface area contributed by atoms with E-state index in [9.17, 15) is 14.9 Å². The van der Waals surface area contributed by atoms with Crippen molar-refractivity contribution in [1.29, 1.82) is 0 Å². The Balaban J connectivity index is 1.58. The maximum atomic E-state index is 13.8. The highest BCUT2D eigenvalue weighted by atomic mass is 16.6. The summed E-state index contributed by atoms with van der Waals surface area (Å²) in [5.74, 6) is 1.45. The average Bonchev–Trinajstić information content (AvgIpc) is 3.09. The highest BCUT2D eigenvalue weighted by Crippen LogP contribution is 2.47. The first-order chi connectivity index (χ1) is 17.9. The van der Waals surface area contributed by atoms with E-state index in [-0.39, 0.29) is 17.4 Å². The summed E-state index contributed by atoms with van der Waals surface area (Å²) in [6.07, 6.45) is 0.875. The minimum Gasteiger partial charge on any atom is -0.493 e. The van der Waals surface area contributed by atoms with Crippen LogP contribution in [0.4, 0.5) is 17.1 Å². The highest BCUT2D eigenvalue weighted by Gasteiger charge is 2.36. The van der Waals surface area contributed by atoms with Crippen LogP contribution in [0.2, 0.25) is 0 Å². The van der Waals surface area contributed by atoms with Gasteiger partial charge in [0.1, 0.15) is 0 Å². The van der Waals surface area contributed by atoms with Crippen LogP contribution in [0.5, 0.6) is 17.2 Å². The quantitative estimate of drug-likeness (QED) is 0.332. The summed E-state index contributed by atoms with van der Waals surface area (Å²) < 4.78 is 16.5. The van der Waals surface area contributed by atoms with E-state index in [2.05, 4.69) is 10.6 Å². The zero-order valence-electron chi connectivity index (χ0n) is 20.7. The van der Waals surface area contributed by atoms with E-state index in [1.165, 1.54) is 12.1 Å². The Hall–Kier alpha value is -4.53. The van der Waals surface area contributed by atoms with Gasteiger partial charge in [0.25, 0.3) is 5.69 Å². The first-order valence-corrected chi connectivity index (χ1v) is 11.9. The zero-order chi connectivity index (χ0) is 26.1. The number of ether oxygens (including phenoxy) is 3. The van der Waals surface area contributed by atoms with Crippen molar-refractivity contribution in [3.63, 3.8) is 0 Å². The van der Waals surface area contributed by atoms with Gasteiger partial charge in [-0.25, -0.2) is 0 Å². The number of rotatable bonds is 6. The number of non-ortho nitro benzene ring substituents is 1. The summed E-state index contributed by atoms with van der Waals surface area (Å²) in [6, 6.07) is 17.4. The molecule has 0 amide bonds. The monoisotopic (exact) mass is 501 g/mol. The van der Waals surface area contributed by atoms with Crippen LogP contribution >= 0.6 is 0 Å². The van der Waals surface area contributed by atoms with Crippen molar-refractivity contribution < 1.29 is 23.9 Å². The first kappa shape index (κ1) is 24.2. The number of allylic oxidation sites excluding steroid dienone is 1. The molecule has 3 aromatic carbocycles. The van der Waals surface area contributed by atoms with Gasteiger partial charge in [0, 0.05) is 29.8 Å². The smallest absolute Gasteiger partial charge is 0.269 e. The number of Topliss-reactive ketones (excluding diaryl/α,β-unsaturated/α-hetero) is 1. The number of benzene rings is 3. The molecule has 5 rings (SSSR count). The molecule has 37 heavy (non-hydrogen) atoms. The maximum absolute atomic E-state index is 13.8. The number of ketones is 1. The average molecular weight is 502 g/mol. The van der Waals surface area contributed by atoms with Gasteiger partial charge >= 0.3 is 0 Å². The van der Waals surface area contributed by atoms with Crippen LogP contribution in [0.3, 0.4) is 0 Å². The molecular weight excluding hydrogens is 474 g/mol. The molecule has 0 radical (unpaired) electrons. The summed E-state index contributed by atoms with van der Waals surface area (Å²) in [6.45, 7) is 0. The Morgan fingerprint density at radius 1 is 0.865 bits per heavy atom. The van der Waals surface area contributed by atoms with Crippen LogP contribution in [0.25, 0.3) is 0 Å². The molecule has 0 aromatic heterocycles. The molecule has 2 aliphatic rings. The number of nitrogens with zero attached hydrogens (tertiary/aromatic N) is 1. The predicted octanol–water partition coefficient (Wildman–Crippen LogP) is 5.60. The molecule has 0 spiro atoms. The summed E-state index contributed by atoms with van der Waals surface area (Å²) in [5.41, 5.74) is 4.84. The lowest BCUT2D eigenvalue weighted by Crippen LogP contribution is -2.27. The van der Waals surface area contributed by atoms with Crippen LogP contribution in [-0.4, -0.2) is 32.0 Å². The topological polar surface area (TPSA) is 112 Å². The predicted molar refractivity (Wildman–Crippen MR) is 140 cm³/mol. The number of nitro groups is 1.